The summed E-state index contributed by atoms with van der Waals surface area (Å²) in [5, 5.41) is 20.4. The molecule has 0 aliphatic heterocycles. The van der Waals surface area contributed by atoms with E-state index in [0.717, 1.165) is 0 Å². The summed E-state index contributed by atoms with van der Waals surface area (Å²) in [6.07, 6.45) is 1.67. The SMILES string of the molecule is COc1cc(/C=C(/C#N)c2ccccc2OC)ccc1OC(=O)c1ccc([N+](=O)[O-])cc1. The highest BCUT2D eigenvalue weighted by atomic mass is 16.6. The zero-order valence-corrected chi connectivity index (χ0v) is 17.3. The molecule has 32 heavy (non-hydrogen) atoms. The smallest absolute Gasteiger partial charge is 0.343 e. The largest absolute Gasteiger partial charge is 0.496 e. The van der Waals surface area contributed by atoms with Crippen molar-refractivity contribution < 1.29 is 23.9 Å². The molecule has 0 aliphatic rings. The quantitative estimate of drug-likeness (QED) is 0.131. The molecule has 8 heteroatoms. The highest BCUT2D eigenvalue weighted by Gasteiger charge is 2.15. The first-order valence-corrected chi connectivity index (χ1v) is 9.36. The van der Waals surface area contributed by atoms with Crippen LogP contribution in [0.2, 0.25) is 0 Å². The number of para-hydroxylation sites is 1. The number of nitro benzene ring substituents is 1. The number of benzene rings is 3. The summed E-state index contributed by atoms with van der Waals surface area (Å²) in [5.74, 6) is 0.337. The Bertz CT molecular complexity index is 1230. The first-order chi connectivity index (χ1) is 15.5. The zero-order chi connectivity index (χ0) is 23.1. The summed E-state index contributed by atoms with van der Waals surface area (Å²) >= 11 is 0. The van der Waals surface area contributed by atoms with Crippen molar-refractivity contribution in [2.45, 2.75) is 0 Å². The molecule has 0 amide bonds. The minimum atomic E-state index is -0.687. The molecule has 0 saturated carbocycles. The van der Waals surface area contributed by atoms with E-state index in [-0.39, 0.29) is 22.7 Å². The number of hydrogen-bond acceptors (Lipinski definition) is 7. The third-order valence-electron chi connectivity index (χ3n) is 4.53. The molecule has 0 saturated heterocycles. The number of allylic oxidation sites excluding steroid dienone is 1. The van der Waals surface area contributed by atoms with Gasteiger partial charge in [-0.3, -0.25) is 10.1 Å². The lowest BCUT2D eigenvalue weighted by Crippen LogP contribution is -2.09. The van der Waals surface area contributed by atoms with Crippen LogP contribution < -0.4 is 14.2 Å². The minimum absolute atomic E-state index is 0.126. The second-order valence-electron chi connectivity index (χ2n) is 6.47. The molecular formula is C24H18N2O6. The Hall–Kier alpha value is -4.64. The summed E-state index contributed by atoms with van der Waals surface area (Å²) in [6.45, 7) is 0. The fraction of sp³-hybridized carbons (Fsp3) is 0.0833. The van der Waals surface area contributed by atoms with Gasteiger partial charge in [-0.15, -0.1) is 0 Å². The predicted molar refractivity (Wildman–Crippen MR) is 118 cm³/mol. The van der Waals surface area contributed by atoms with E-state index in [2.05, 4.69) is 6.07 Å². The van der Waals surface area contributed by atoms with Crippen molar-refractivity contribution in [3.63, 3.8) is 0 Å². The monoisotopic (exact) mass is 430 g/mol. The highest BCUT2D eigenvalue weighted by molar-refractivity contribution is 5.93. The van der Waals surface area contributed by atoms with Gasteiger partial charge < -0.3 is 14.2 Å². The molecule has 3 aromatic rings. The average molecular weight is 430 g/mol. The molecule has 0 radical (unpaired) electrons. The van der Waals surface area contributed by atoms with E-state index in [1.54, 1.807) is 36.4 Å². The van der Waals surface area contributed by atoms with Crippen LogP contribution in [0.3, 0.4) is 0 Å². The van der Waals surface area contributed by atoms with Crippen LogP contribution >= 0.6 is 0 Å². The van der Waals surface area contributed by atoms with Crippen molar-refractivity contribution in [2.24, 2.45) is 0 Å². The van der Waals surface area contributed by atoms with Gasteiger partial charge in [0.1, 0.15) is 5.75 Å². The van der Waals surface area contributed by atoms with Crippen molar-refractivity contribution in [1.29, 1.82) is 5.26 Å². The Balaban J connectivity index is 1.87. The summed E-state index contributed by atoms with van der Waals surface area (Å²) in [7, 11) is 2.96. The van der Waals surface area contributed by atoms with Crippen LogP contribution in [0.4, 0.5) is 5.69 Å². The number of methoxy groups -OCH3 is 2. The number of nitrogens with zero attached hydrogens (tertiary/aromatic N) is 2. The van der Waals surface area contributed by atoms with Crippen LogP contribution in [-0.2, 0) is 0 Å². The van der Waals surface area contributed by atoms with Gasteiger partial charge in [-0.1, -0.05) is 18.2 Å². The first kappa shape index (κ1) is 22.1. The Morgan fingerprint density at radius 3 is 2.28 bits per heavy atom. The van der Waals surface area contributed by atoms with Crippen LogP contribution in [0, 0.1) is 21.4 Å². The van der Waals surface area contributed by atoms with Gasteiger partial charge in [-0.05, 0) is 48.0 Å². The molecule has 0 unspecified atom stereocenters. The van der Waals surface area contributed by atoms with Crippen molar-refractivity contribution in [3.05, 3.63) is 93.5 Å². The molecule has 0 fully saturated rings. The summed E-state index contributed by atoms with van der Waals surface area (Å²) in [6, 6.07) is 19.3. The minimum Gasteiger partial charge on any atom is -0.496 e. The first-order valence-electron chi connectivity index (χ1n) is 9.36. The maximum Gasteiger partial charge on any atom is 0.343 e. The molecule has 3 rings (SSSR count). The molecule has 0 atom stereocenters. The Morgan fingerprint density at radius 2 is 1.66 bits per heavy atom. The number of nitro groups is 1. The van der Waals surface area contributed by atoms with Crippen molar-refractivity contribution in [2.75, 3.05) is 14.2 Å². The molecule has 0 heterocycles. The van der Waals surface area contributed by atoms with Gasteiger partial charge in [-0.2, -0.15) is 5.26 Å². The normalized spacial score (nSPS) is 10.7. The number of ether oxygens (including phenoxy) is 3. The van der Waals surface area contributed by atoms with Crippen LogP contribution in [0.1, 0.15) is 21.5 Å². The van der Waals surface area contributed by atoms with Crippen LogP contribution in [0.25, 0.3) is 11.6 Å². The van der Waals surface area contributed by atoms with E-state index in [9.17, 15) is 20.2 Å². The maximum atomic E-state index is 12.4. The number of carbonyl (C=O) groups excluding carboxylic acids is 1. The lowest BCUT2D eigenvalue weighted by atomic mass is 10.0. The molecule has 0 N–H and O–H groups in total. The highest BCUT2D eigenvalue weighted by Crippen LogP contribution is 2.32. The summed E-state index contributed by atoms with van der Waals surface area (Å²) < 4.78 is 16.1. The van der Waals surface area contributed by atoms with Crippen LogP contribution in [0.5, 0.6) is 17.2 Å². The fourth-order valence-electron chi connectivity index (χ4n) is 2.94. The summed E-state index contributed by atoms with van der Waals surface area (Å²) in [5.41, 5.74) is 1.72. The third kappa shape index (κ3) is 4.91. The van der Waals surface area contributed by atoms with E-state index in [1.165, 1.54) is 38.5 Å². The van der Waals surface area contributed by atoms with Crippen LogP contribution in [0.15, 0.2) is 66.7 Å². The number of non-ortho nitro benzene ring substituents is 1. The second kappa shape index (κ2) is 9.91. The maximum absolute atomic E-state index is 12.4. The predicted octanol–water partition coefficient (Wildman–Crippen LogP) is 4.90. The number of esters is 1. The average Bonchev–Trinajstić information content (AvgIpc) is 2.83. The third-order valence-corrected chi connectivity index (χ3v) is 4.53. The number of rotatable bonds is 7. The van der Waals surface area contributed by atoms with E-state index in [4.69, 9.17) is 14.2 Å². The number of hydrogen-bond donors (Lipinski definition) is 0. The Morgan fingerprint density at radius 1 is 0.969 bits per heavy atom. The lowest BCUT2D eigenvalue weighted by molar-refractivity contribution is -0.384. The fourth-order valence-corrected chi connectivity index (χ4v) is 2.94. The van der Waals surface area contributed by atoms with Crippen LogP contribution in [-0.4, -0.2) is 25.1 Å². The van der Waals surface area contributed by atoms with Gasteiger partial charge in [0, 0.05) is 17.7 Å². The molecule has 3 aromatic carbocycles. The molecule has 8 nitrogen and oxygen atoms in total. The van der Waals surface area contributed by atoms with E-state index >= 15 is 0 Å². The number of nitriles is 1. The molecule has 0 bridgehead atoms. The van der Waals surface area contributed by atoms with Crippen molar-refractivity contribution >= 4 is 23.3 Å². The van der Waals surface area contributed by atoms with Crippen molar-refractivity contribution in [1.82, 2.24) is 0 Å². The van der Waals surface area contributed by atoms with Gasteiger partial charge in [-0.25, -0.2) is 4.79 Å². The zero-order valence-electron chi connectivity index (χ0n) is 17.3. The molecule has 0 aromatic heterocycles. The van der Waals surface area contributed by atoms with Gasteiger partial charge in [0.2, 0.25) is 0 Å². The lowest BCUT2D eigenvalue weighted by Gasteiger charge is -2.11. The van der Waals surface area contributed by atoms with Gasteiger partial charge in [0.25, 0.3) is 5.69 Å². The topological polar surface area (TPSA) is 112 Å². The van der Waals surface area contributed by atoms with Crippen molar-refractivity contribution in [3.8, 4) is 23.3 Å². The second-order valence-corrected chi connectivity index (χ2v) is 6.47. The molecular weight excluding hydrogens is 412 g/mol. The van der Waals surface area contributed by atoms with Gasteiger partial charge in [0.15, 0.2) is 11.5 Å². The van der Waals surface area contributed by atoms with E-state index in [1.807, 2.05) is 12.1 Å². The molecule has 0 spiro atoms. The Kier molecular flexibility index (Phi) is 6.83. The Labute approximate surface area is 184 Å². The van der Waals surface area contributed by atoms with Gasteiger partial charge >= 0.3 is 5.97 Å². The van der Waals surface area contributed by atoms with E-state index in [0.29, 0.717) is 22.4 Å². The molecule has 160 valence electrons. The number of carbonyl (C=O) groups is 1. The van der Waals surface area contributed by atoms with E-state index < -0.39 is 10.9 Å². The van der Waals surface area contributed by atoms with Gasteiger partial charge in [0.05, 0.1) is 36.3 Å². The standard InChI is InChI=1S/C24H18N2O6/c1-30-21-6-4-3-5-20(21)18(15-25)13-16-7-12-22(23(14-16)31-2)32-24(27)17-8-10-19(11-9-17)26(28)29/h3-14H,1-2H3/b18-13-. The molecule has 0 aliphatic carbocycles. The summed E-state index contributed by atoms with van der Waals surface area (Å²) in [4.78, 5) is 22.6.